The number of ether oxygens (including phenoxy) is 3. The van der Waals surface area contributed by atoms with Crippen molar-refractivity contribution in [2.24, 2.45) is 5.92 Å². The van der Waals surface area contributed by atoms with E-state index in [9.17, 15) is 18.9 Å². The average molecular weight is 597 g/mol. The second-order valence-electron chi connectivity index (χ2n) is 9.55. The first-order valence-corrected chi connectivity index (χ1v) is 14.6. The summed E-state index contributed by atoms with van der Waals surface area (Å²) in [6.07, 6.45) is -2.63. The lowest BCUT2D eigenvalue weighted by molar-refractivity contribution is -0.149. The fourth-order valence-electron chi connectivity index (χ4n) is 4.21. The number of nitrogen functional groups attached to an aromatic ring is 1. The summed E-state index contributed by atoms with van der Waals surface area (Å²) in [6, 6.07) is 7.11. The molecule has 0 bridgehead atoms. The molecular weight excluding hydrogens is 562 g/mol. The molecule has 224 valence electrons. The summed E-state index contributed by atoms with van der Waals surface area (Å²) in [5.41, 5.74) is 6.32. The highest BCUT2D eigenvalue weighted by molar-refractivity contribution is 7.52. The minimum absolute atomic E-state index is 0.0905. The van der Waals surface area contributed by atoms with Gasteiger partial charge in [-0.05, 0) is 39.8 Å². The first kappa shape index (κ1) is 30.6. The van der Waals surface area contributed by atoms with Crippen molar-refractivity contribution in [2.75, 3.05) is 25.6 Å². The number of carbonyl (C=O) groups is 1. The van der Waals surface area contributed by atoms with Crippen molar-refractivity contribution in [3.05, 3.63) is 36.7 Å². The zero-order valence-electron chi connectivity index (χ0n) is 23.0. The van der Waals surface area contributed by atoms with Crippen LogP contribution in [0.3, 0.4) is 0 Å². The number of carbonyl (C=O) groups excluding carboxylic acids is 1. The van der Waals surface area contributed by atoms with E-state index < -0.39 is 63.5 Å². The van der Waals surface area contributed by atoms with Crippen LogP contribution in [0.2, 0.25) is 0 Å². The minimum atomic E-state index is -4.25. The highest BCUT2D eigenvalue weighted by Crippen LogP contribution is 2.47. The molecule has 6 atom stereocenters. The standard InChI is InChI=1S/C25H34FN6O8P/c1-5-36-22-19-21(29-25(27)30-22)32(13-28-19)23-20(33)17(11-26)18(39-23)12-37-41(35,40-16-9-7-6-8-10-16)31-15(4)24(34)38-14(2)3/h6-10,13-15,17-18,20,23,33H,5,11-12H2,1-4H3,(H,31,35)(H2,27,29,30)/t15-,17+,18+,20+,23+,41?/m0/s1. The Balaban J connectivity index is 1.55. The maximum atomic E-state index is 14.2. The quantitative estimate of drug-likeness (QED) is 0.194. The number of alkyl halides is 1. The number of hydrogen-bond acceptors (Lipinski definition) is 12. The van der Waals surface area contributed by atoms with E-state index in [4.69, 9.17) is 29.0 Å². The Morgan fingerprint density at radius 1 is 1.27 bits per heavy atom. The normalized spacial score (nSPS) is 22.9. The van der Waals surface area contributed by atoms with Gasteiger partial charge in [-0.2, -0.15) is 15.1 Å². The van der Waals surface area contributed by atoms with Gasteiger partial charge in [0.2, 0.25) is 11.8 Å². The van der Waals surface area contributed by atoms with Gasteiger partial charge in [-0.15, -0.1) is 0 Å². The minimum Gasteiger partial charge on any atom is -0.476 e. The lowest BCUT2D eigenvalue weighted by Crippen LogP contribution is -2.37. The third kappa shape index (κ3) is 7.11. The Morgan fingerprint density at radius 2 is 2.00 bits per heavy atom. The number of hydrogen-bond donors (Lipinski definition) is 3. The van der Waals surface area contributed by atoms with Gasteiger partial charge in [0.1, 0.15) is 17.9 Å². The molecule has 1 aliphatic rings. The Hall–Kier alpha value is -3.36. The fourth-order valence-corrected chi connectivity index (χ4v) is 5.71. The molecule has 0 saturated carbocycles. The first-order valence-electron chi connectivity index (χ1n) is 13.0. The number of esters is 1. The predicted octanol–water partition coefficient (Wildman–Crippen LogP) is 2.78. The summed E-state index contributed by atoms with van der Waals surface area (Å²) in [7, 11) is -4.25. The van der Waals surface area contributed by atoms with Crippen LogP contribution < -0.4 is 20.1 Å². The summed E-state index contributed by atoms with van der Waals surface area (Å²) in [5.74, 6) is -1.48. The lowest BCUT2D eigenvalue weighted by atomic mass is 10.00. The second-order valence-corrected chi connectivity index (χ2v) is 11.2. The molecule has 0 aliphatic carbocycles. The van der Waals surface area contributed by atoms with Gasteiger partial charge >= 0.3 is 13.7 Å². The Bertz CT molecular complexity index is 1380. The molecule has 2 aromatic heterocycles. The van der Waals surface area contributed by atoms with Crippen molar-refractivity contribution < 1.29 is 42.1 Å². The number of fused-ring (bicyclic) bond motifs is 1. The molecule has 4 N–H and O–H groups in total. The number of aliphatic hydroxyl groups is 1. The Kier molecular flexibility index (Phi) is 9.76. The van der Waals surface area contributed by atoms with Gasteiger partial charge < -0.3 is 29.6 Å². The number of benzene rings is 1. The van der Waals surface area contributed by atoms with Crippen molar-refractivity contribution in [3.63, 3.8) is 0 Å². The number of para-hydroxylation sites is 1. The topological polar surface area (TPSA) is 182 Å². The summed E-state index contributed by atoms with van der Waals surface area (Å²) in [5, 5.41) is 13.6. The third-order valence-electron chi connectivity index (χ3n) is 6.10. The second kappa shape index (κ2) is 13.1. The molecule has 1 unspecified atom stereocenters. The monoisotopic (exact) mass is 596 g/mol. The number of rotatable bonds is 13. The zero-order valence-corrected chi connectivity index (χ0v) is 23.9. The third-order valence-corrected chi connectivity index (χ3v) is 7.74. The summed E-state index contributed by atoms with van der Waals surface area (Å²) < 4.78 is 57.3. The molecule has 1 fully saturated rings. The van der Waals surface area contributed by atoms with Crippen LogP contribution in [0.1, 0.15) is 33.9 Å². The van der Waals surface area contributed by atoms with Crippen molar-refractivity contribution in [2.45, 2.75) is 58.3 Å². The van der Waals surface area contributed by atoms with Crippen LogP contribution in [0.5, 0.6) is 11.6 Å². The summed E-state index contributed by atoms with van der Waals surface area (Å²) in [4.78, 5) is 24.9. The molecule has 1 aliphatic heterocycles. The largest absolute Gasteiger partial charge is 0.476 e. The van der Waals surface area contributed by atoms with E-state index in [0.717, 1.165) is 0 Å². The van der Waals surface area contributed by atoms with Crippen LogP contribution in [0.15, 0.2) is 36.7 Å². The van der Waals surface area contributed by atoms with Gasteiger partial charge in [0, 0.05) is 5.92 Å². The van der Waals surface area contributed by atoms with Crippen molar-refractivity contribution in [1.29, 1.82) is 0 Å². The number of aromatic nitrogens is 4. The fraction of sp³-hybridized carbons (Fsp3) is 0.520. The number of nitrogens with one attached hydrogen (secondary N) is 1. The van der Waals surface area contributed by atoms with Crippen LogP contribution in [-0.4, -0.2) is 74.8 Å². The van der Waals surface area contributed by atoms with Crippen LogP contribution >= 0.6 is 7.75 Å². The van der Waals surface area contributed by atoms with E-state index in [1.807, 2.05) is 0 Å². The van der Waals surface area contributed by atoms with Crippen molar-refractivity contribution in [3.8, 4) is 11.6 Å². The molecule has 1 saturated heterocycles. The summed E-state index contributed by atoms with van der Waals surface area (Å²) in [6.45, 7) is 5.44. The van der Waals surface area contributed by atoms with Gasteiger partial charge in [-0.25, -0.2) is 9.55 Å². The average Bonchev–Trinajstić information content (AvgIpc) is 3.47. The number of nitrogens with zero attached hydrogens (tertiary/aromatic N) is 4. The maximum Gasteiger partial charge on any atom is 0.459 e. The molecule has 4 rings (SSSR count). The first-order chi connectivity index (χ1) is 19.5. The van der Waals surface area contributed by atoms with Gasteiger partial charge in [-0.3, -0.25) is 18.3 Å². The van der Waals surface area contributed by atoms with Gasteiger partial charge in [-0.1, -0.05) is 18.2 Å². The SMILES string of the molecule is CCOc1nc(N)nc2c1ncn2[C@@H]1O[C@H](COP(=O)(N[C@@H](C)C(=O)OC(C)C)Oc2ccccc2)[C@@H](CF)[C@H]1O. The van der Waals surface area contributed by atoms with E-state index >= 15 is 0 Å². The predicted molar refractivity (Wildman–Crippen MR) is 145 cm³/mol. The molecule has 3 heterocycles. The van der Waals surface area contributed by atoms with E-state index in [1.165, 1.54) is 17.8 Å². The number of nitrogens with two attached hydrogens (primary N) is 1. The van der Waals surface area contributed by atoms with E-state index in [1.54, 1.807) is 51.1 Å². The van der Waals surface area contributed by atoms with Crippen LogP contribution in [0.25, 0.3) is 11.2 Å². The molecule has 1 aromatic carbocycles. The summed E-state index contributed by atoms with van der Waals surface area (Å²) >= 11 is 0. The molecule has 14 nitrogen and oxygen atoms in total. The number of halogens is 1. The van der Waals surface area contributed by atoms with Crippen LogP contribution in [0, 0.1) is 5.92 Å². The van der Waals surface area contributed by atoms with E-state index in [0.29, 0.717) is 6.61 Å². The molecule has 0 spiro atoms. The number of anilines is 1. The van der Waals surface area contributed by atoms with Gasteiger partial charge in [0.25, 0.3) is 0 Å². The smallest absolute Gasteiger partial charge is 0.459 e. The highest BCUT2D eigenvalue weighted by Gasteiger charge is 2.47. The maximum absolute atomic E-state index is 14.2. The van der Waals surface area contributed by atoms with Gasteiger partial charge in [0.05, 0.1) is 38.4 Å². The molecular formula is C25H34FN6O8P. The Morgan fingerprint density at radius 3 is 2.66 bits per heavy atom. The van der Waals surface area contributed by atoms with Crippen LogP contribution in [0.4, 0.5) is 10.3 Å². The number of aliphatic hydroxyl groups excluding tert-OH is 1. The number of imidazole rings is 1. The van der Waals surface area contributed by atoms with E-state index in [-0.39, 0.29) is 28.7 Å². The van der Waals surface area contributed by atoms with E-state index in [2.05, 4.69) is 20.0 Å². The van der Waals surface area contributed by atoms with Crippen molar-refractivity contribution >= 4 is 30.8 Å². The Labute approximate surface area is 235 Å². The molecule has 16 heteroatoms. The van der Waals surface area contributed by atoms with Gasteiger partial charge in [0.15, 0.2) is 17.4 Å². The van der Waals surface area contributed by atoms with Crippen LogP contribution in [-0.2, 0) is 23.4 Å². The zero-order chi connectivity index (χ0) is 29.7. The lowest BCUT2D eigenvalue weighted by Gasteiger charge is -2.25. The van der Waals surface area contributed by atoms with Crippen molar-refractivity contribution in [1.82, 2.24) is 24.6 Å². The molecule has 41 heavy (non-hydrogen) atoms. The molecule has 3 aromatic rings. The molecule has 0 radical (unpaired) electrons. The molecule has 0 amide bonds. The highest BCUT2D eigenvalue weighted by atomic mass is 31.2.